The second-order valence-corrected chi connectivity index (χ2v) is 9.39. The summed E-state index contributed by atoms with van der Waals surface area (Å²) in [6.07, 6.45) is 5.12. The molecule has 194 valence electrons. The molecule has 1 aliphatic heterocycles. The first-order valence-corrected chi connectivity index (χ1v) is 12.7. The number of hydrogen-bond donors (Lipinski definition) is 4. The summed E-state index contributed by atoms with van der Waals surface area (Å²) in [4.78, 5) is 31.8. The molecule has 4 aromatic rings. The Hall–Kier alpha value is -3.46. The number of benzene rings is 2. The summed E-state index contributed by atoms with van der Waals surface area (Å²) in [5.41, 5.74) is 5.43. The van der Waals surface area contributed by atoms with Crippen LogP contribution < -0.4 is 5.69 Å². The highest BCUT2D eigenvalue weighted by molar-refractivity contribution is 6.33. The van der Waals surface area contributed by atoms with Crippen LogP contribution in [0.3, 0.4) is 0 Å². The average molecular weight is 524 g/mol. The molecule has 3 heterocycles. The Morgan fingerprint density at radius 1 is 1.03 bits per heavy atom. The average Bonchev–Trinajstić information content (AvgIpc) is 3.28. The predicted octanol–water partition coefficient (Wildman–Crippen LogP) is 5.19. The Bertz CT molecular complexity index is 1370. The Labute approximate surface area is 219 Å². The second-order valence-electron chi connectivity index (χ2n) is 8.99. The van der Waals surface area contributed by atoms with Crippen LogP contribution in [0.1, 0.15) is 37.7 Å². The molecule has 0 saturated carbocycles. The van der Waals surface area contributed by atoms with E-state index in [1.54, 1.807) is 6.07 Å². The molecule has 1 saturated heterocycles. The number of H-pyrrole nitrogens is 2. The molecule has 0 radical (unpaired) electrons. The van der Waals surface area contributed by atoms with Gasteiger partial charge in [0.25, 0.3) is 0 Å². The Balaban J connectivity index is 0.000000342. The highest BCUT2D eigenvalue weighted by Gasteiger charge is 2.11. The number of carboxylic acid groups (broad SMARTS) is 1. The number of rotatable bonds is 7. The van der Waals surface area contributed by atoms with Crippen LogP contribution in [0.5, 0.6) is 0 Å². The van der Waals surface area contributed by atoms with Gasteiger partial charge < -0.3 is 19.9 Å². The lowest BCUT2D eigenvalue weighted by Crippen LogP contribution is -2.22. The van der Waals surface area contributed by atoms with Crippen LogP contribution in [0.4, 0.5) is 0 Å². The van der Waals surface area contributed by atoms with Crippen LogP contribution in [0.2, 0.25) is 5.02 Å². The molecule has 1 fully saturated rings. The first-order chi connectivity index (χ1) is 17.9. The molecular formula is C28H30ClN3O5. The topological polar surface area (TPSA) is 128 Å². The number of aliphatic hydroxyl groups excluding tert-OH is 1. The van der Waals surface area contributed by atoms with Crippen molar-refractivity contribution in [1.82, 2.24) is 15.0 Å². The Morgan fingerprint density at radius 3 is 2.30 bits per heavy atom. The van der Waals surface area contributed by atoms with Crippen molar-refractivity contribution >= 4 is 28.7 Å². The van der Waals surface area contributed by atoms with Gasteiger partial charge in [-0.25, -0.2) is 9.78 Å². The largest absolute Gasteiger partial charge is 0.481 e. The summed E-state index contributed by atoms with van der Waals surface area (Å²) >= 11 is 6.35. The third kappa shape index (κ3) is 7.29. The zero-order valence-corrected chi connectivity index (χ0v) is 21.1. The molecule has 0 spiro atoms. The minimum atomic E-state index is -0.765. The Kier molecular flexibility index (Phi) is 9.11. The number of nitrogens with one attached hydrogen (secondary N) is 2. The Morgan fingerprint density at radius 2 is 1.70 bits per heavy atom. The summed E-state index contributed by atoms with van der Waals surface area (Å²) in [5, 5.41) is 17.8. The molecule has 1 aliphatic rings. The highest BCUT2D eigenvalue weighted by atomic mass is 35.5. The quantitative estimate of drug-likeness (QED) is 0.264. The van der Waals surface area contributed by atoms with Gasteiger partial charge in [0.2, 0.25) is 0 Å². The molecule has 1 unspecified atom stereocenters. The molecule has 5 rings (SSSR count). The molecule has 37 heavy (non-hydrogen) atoms. The second kappa shape index (κ2) is 12.7. The number of carboxylic acids is 1. The minimum absolute atomic E-state index is 0.142. The normalized spacial score (nSPS) is 15.2. The van der Waals surface area contributed by atoms with Gasteiger partial charge in [0.15, 0.2) is 5.65 Å². The standard InChI is InChI=1S/C22H18ClN3O3.C6H12O2/c23-17-12-18-21(26-22(29)24-18)25-20(17)16-10-8-15(9-11-16)14-6-4-13(5-7-14)2-1-3-19(27)28;7-5-6-3-1-2-4-8-6/h4-12H,1-3H2,(H,27,28)(H2,24,25,26,29);6-7H,1-5H2. The third-order valence-electron chi connectivity index (χ3n) is 6.24. The zero-order chi connectivity index (χ0) is 26.2. The van der Waals surface area contributed by atoms with Crippen molar-refractivity contribution in [2.45, 2.75) is 44.6 Å². The monoisotopic (exact) mass is 523 g/mol. The lowest BCUT2D eigenvalue weighted by molar-refractivity contribution is -0.137. The molecule has 0 aliphatic carbocycles. The fourth-order valence-corrected chi connectivity index (χ4v) is 4.48. The van der Waals surface area contributed by atoms with Gasteiger partial charge in [-0.1, -0.05) is 60.1 Å². The molecule has 9 heteroatoms. The molecule has 2 aromatic heterocycles. The van der Waals surface area contributed by atoms with Crippen molar-refractivity contribution in [3.05, 3.63) is 75.7 Å². The number of aromatic nitrogens is 3. The van der Waals surface area contributed by atoms with Crippen molar-refractivity contribution in [2.75, 3.05) is 13.2 Å². The predicted molar refractivity (Wildman–Crippen MR) is 144 cm³/mol. The van der Waals surface area contributed by atoms with Crippen molar-refractivity contribution in [3.63, 3.8) is 0 Å². The van der Waals surface area contributed by atoms with Crippen molar-refractivity contribution in [1.29, 1.82) is 0 Å². The van der Waals surface area contributed by atoms with E-state index in [0.717, 1.165) is 48.1 Å². The molecule has 4 N–H and O–H groups in total. The van der Waals surface area contributed by atoms with Crippen molar-refractivity contribution in [2.24, 2.45) is 0 Å². The van der Waals surface area contributed by atoms with Gasteiger partial charge in [-0.15, -0.1) is 0 Å². The van der Waals surface area contributed by atoms with Crippen LogP contribution in [-0.4, -0.2) is 50.5 Å². The maximum atomic E-state index is 11.4. The van der Waals surface area contributed by atoms with E-state index < -0.39 is 5.97 Å². The van der Waals surface area contributed by atoms with Crippen LogP contribution in [0.25, 0.3) is 33.5 Å². The van der Waals surface area contributed by atoms with Gasteiger partial charge in [-0.05, 0) is 54.9 Å². The van der Waals surface area contributed by atoms with E-state index in [1.165, 1.54) is 6.42 Å². The van der Waals surface area contributed by atoms with E-state index >= 15 is 0 Å². The molecule has 0 amide bonds. The number of aliphatic carboxylic acids is 1. The molecule has 0 bridgehead atoms. The van der Waals surface area contributed by atoms with Crippen molar-refractivity contribution < 1.29 is 19.7 Å². The number of nitrogens with zero attached hydrogens (tertiary/aromatic N) is 1. The smallest absolute Gasteiger partial charge is 0.325 e. The van der Waals surface area contributed by atoms with Crippen LogP contribution >= 0.6 is 11.6 Å². The number of aliphatic hydroxyl groups is 1. The number of carbonyl (C=O) groups is 1. The fourth-order valence-electron chi connectivity index (χ4n) is 4.22. The van der Waals surface area contributed by atoms with E-state index in [0.29, 0.717) is 28.3 Å². The van der Waals surface area contributed by atoms with E-state index in [1.807, 2.05) is 48.5 Å². The van der Waals surface area contributed by atoms with E-state index in [2.05, 4.69) is 15.0 Å². The number of halogens is 1. The number of aromatic amines is 2. The number of ether oxygens (including phenoxy) is 1. The summed E-state index contributed by atoms with van der Waals surface area (Å²) in [6, 6.07) is 17.7. The van der Waals surface area contributed by atoms with Gasteiger partial charge in [-0.3, -0.25) is 9.78 Å². The maximum absolute atomic E-state index is 11.4. The van der Waals surface area contributed by atoms with E-state index in [9.17, 15) is 9.59 Å². The maximum Gasteiger partial charge on any atom is 0.325 e. The summed E-state index contributed by atoms with van der Waals surface area (Å²) in [6.45, 7) is 1.03. The fraction of sp³-hybridized carbons (Fsp3) is 0.321. The molecule has 8 nitrogen and oxygen atoms in total. The SMILES string of the molecule is O=C(O)CCCc1ccc(-c2ccc(-c3nc4[nH]c(=O)[nH]c4cc3Cl)cc2)cc1.OCC1CCCCO1. The molecule has 2 aromatic carbocycles. The van der Waals surface area contributed by atoms with Crippen molar-refractivity contribution in [3.8, 4) is 22.4 Å². The van der Waals surface area contributed by atoms with Gasteiger partial charge in [-0.2, -0.15) is 0 Å². The number of imidazole rings is 1. The summed E-state index contributed by atoms with van der Waals surface area (Å²) < 4.78 is 5.18. The summed E-state index contributed by atoms with van der Waals surface area (Å²) in [5.74, 6) is -0.765. The van der Waals surface area contributed by atoms with Crippen LogP contribution in [0.15, 0.2) is 59.4 Å². The molecule has 1 atom stereocenters. The summed E-state index contributed by atoms with van der Waals surface area (Å²) in [7, 11) is 0. The van der Waals surface area contributed by atoms with E-state index in [4.69, 9.17) is 26.6 Å². The number of hydrogen-bond acceptors (Lipinski definition) is 5. The first-order valence-electron chi connectivity index (χ1n) is 12.4. The van der Waals surface area contributed by atoms with Crippen LogP contribution in [-0.2, 0) is 16.0 Å². The number of aryl methyl sites for hydroxylation is 1. The third-order valence-corrected chi connectivity index (χ3v) is 6.52. The number of fused-ring (bicyclic) bond motifs is 1. The van der Waals surface area contributed by atoms with E-state index in [-0.39, 0.29) is 24.8 Å². The lowest BCUT2D eigenvalue weighted by atomic mass is 10.00. The molecular weight excluding hydrogens is 494 g/mol. The first kappa shape index (κ1) is 26.6. The lowest BCUT2D eigenvalue weighted by Gasteiger charge is -2.19. The van der Waals surface area contributed by atoms with Gasteiger partial charge >= 0.3 is 11.7 Å². The number of pyridine rings is 1. The zero-order valence-electron chi connectivity index (χ0n) is 20.4. The highest BCUT2D eigenvalue weighted by Crippen LogP contribution is 2.30. The minimum Gasteiger partial charge on any atom is -0.481 e. The van der Waals surface area contributed by atoms with Crippen LogP contribution in [0, 0.1) is 0 Å². The van der Waals surface area contributed by atoms with Gasteiger partial charge in [0.05, 0.1) is 28.9 Å². The van der Waals surface area contributed by atoms with Gasteiger partial charge in [0.1, 0.15) is 0 Å². The van der Waals surface area contributed by atoms with Gasteiger partial charge in [0, 0.05) is 18.6 Å².